The van der Waals surface area contributed by atoms with Crippen molar-refractivity contribution in [2.24, 2.45) is 0 Å². The number of amides is 1. The van der Waals surface area contributed by atoms with E-state index in [0.29, 0.717) is 28.0 Å². The third-order valence-corrected chi connectivity index (χ3v) is 6.30. The van der Waals surface area contributed by atoms with Crippen LogP contribution in [-0.2, 0) is 4.79 Å². The summed E-state index contributed by atoms with van der Waals surface area (Å²) in [6.45, 7) is 2.11. The van der Waals surface area contributed by atoms with E-state index in [1.165, 1.54) is 17.8 Å². The minimum atomic E-state index is -0.390. The van der Waals surface area contributed by atoms with Gasteiger partial charge in [0.25, 0.3) is 0 Å². The molecule has 0 saturated heterocycles. The summed E-state index contributed by atoms with van der Waals surface area (Å²) in [4.78, 5) is 12.7. The predicted octanol–water partition coefficient (Wildman–Crippen LogP) is 4.77. The van der Waals surface area contributed by atoms with Crippen molar-refractivity contribution in [2.45, 2.75) is 18.1 Å². The summed E-state index contributed by atoms with van der Waals surface area (Å²) >= 11 is 1.24. The highest BCUT2D eigenvalue weighted by molar-refractivity contribution is 7.99. The maximum absolute atomic E-state index is 14.5. The van der Waals surface area contributed by atoms with Gasteiger partial charge in [-0.1, -0.05) is 48.2 Å². The number of hydrogen-bond donors (Lipinski definition) is 1. The zero-order valence-electron chi connectivity index (χ0n) is 18.3. The topological polar surface area (TPSA) is 78.3 Å². The van der Waals surface area contributed by atoms with Crippen LogP contribution in [0.1, 0.15) is 18.5 Å². The summed E-state index contributed by atoms with van der Waals surface area (Å²) in [6.07, 6.45) is 0. The van der Waals surface area contributed by atoms with Gasteiger partial charge in [0.2, 0.25) is 12.7 Å². The number of aromatic nitrogens is 3. The maximum Gasteiger partial charge on any atom is 0.231 e. The number of nitrogens with zero attached hydrogens (tertiary/aromatic N) is 3. The second-order valence-corrected chi connectivity index (χ2v) is 8.59. The lowest BCUT2D eigenvalue weighted by atomic mass is 10.1. The molecule has 0 radical (unpaired) electrons. The number of fused-ring (bicyclic) bond motifs is 1. The van der Waals surface area contributed by atoms with Crippen molar-refractivity contribution in [1.82, 2.24) is 20.1 Å². The van der Waals surface area contributed by atoms with Crippen LogP contribution in [0.3, 0.4) is 0 Å². The number of halogens is 1. The first kappa shape index (κ1) is 22.0. The molecule has 0 saturated carbocycles. The Labute approximate surface area is 199 Å². The number of carbonyl (C=O) groups excluding carboxylic acids is 1. The van der Waals surface area contributed by atoms with Gasteiger partial charge in [-0.05, 0) is 48.9 Å². The van der Waals surface area contributed by atoms with Crippen molar-refractivity contribution >= 4 is 17.7 Å². The van der Waals surface area contributed by atoms with E-state index in [1.807, 2.05) is 55.5 Å². The molecule has 1 N–H and O–H groups in total. The van der Waals surface area contributed by atoms with Crippen LogP contribution >= 0.6 is 11.8 Å². The summed E-state index contributed by atoms with van der Waals surface area (Å²) < 4.78 is 27.0. The Morgan fingerprint density at radius 3 is 2.65 bits per heavy atom. The highest BCUT2D eigenvalue weighted by Gasteiger charge is 2.21. The fourth-order valence-electron chi connectivity index (χ4n) is 3.67. The zero-order chi connectivity index (χ0) is 23.5. The molecule has 1 aliphatic rings. The molecule has 0 fully saturated rings. The molecular formula is C25H21FN4O3S. The maximum atomic E-state index is 14.5. The highest BCUT2D eigenvalue weighted by Crippen LogP contribution is 2.34. The molecule has 4 aromatic rings. The van der Waals surface area contributed by atoms with Crippen LogP contribution in [0.25, 0.3) is 17.1 Å². The predicted molar refractivity (Wildman–Crippen MR) is 127 cm³/mol. The van der Waals surface area contributed by atoms with Crippen LogP contribution < -0.4 is 14.8 Å². The highest BCUT2D eigenvalue weighted by atomic mass is 32.2. The van der Waals surface area contributed by atoms with Gasteiger partial charge in [0.15, 0.2) is 22.5 Å². The van der Waals surface area contributed by atoms with E-state index in [1.54, 1.807) is 22.8 Å². The number of benzene rings is 3. The molecule has 7 nitrogen and oxygen atoms in total. The van der Waals surface area contributed by atoms with Gasteiger partial charge in [-0.15, -0.1) is 10.2 Å². The summed E-state index contributed by atoms with van der Waals surface area (Å²) in [5, 5.41) is 12.0. The van der Waals surface area contributed by atoms with Crippen molar-refractivity contribution in [1.29, 1.82) is 0 Å². The largest absolute Gasteiger partial charge is 0.454 e. The van der Waals surface area contributed by atoms with Crippen LogP contribution in [-0.4, -0.2) is 33.2 Å². The zero-order valence-corrected chi connectivity index (χ0v) is 19.1. The Morgan fingerprint density at radius 1 is 1.06 bits per heavy atom. The lowest BCUT2D eigenvalue weighted by molar-refractivity contribution is -0.119. The van der Waals surface area contributed by atoms with E-state index in [9.17, 15) is 9.18 Å². The molecule has 172 valence electrons. The first-order chi connectivity index (χ1) is 16.6. The second kappa shape index (κ2) is 9.56. The number of rotatable bonds is 7. The Hall–Kier alpha value is -3.85. The Bertz CT molecular complexity index is 1330. The van der Waals surface area contributed by atoms with Crippen molar-refractivity contribution in [3.05, 3.63) is 84.2 Å². The van der Waals surface area contributed by atoms with Crippen molar-refractivity contribution in [2.75, 3.05) is 12.5 Å². The molecular weight excluding hydrogens is 455 g/mol. The number of carbonyl (C=O) groups is 1. The van der Waals surface area contributed by atoms with E-state index in [-0.39, 0.29) is 30.3 Å². The molecule has 3 aromatic carbocycles. The van der Waals surface area contributed by atoms with Gasteiger partial charge in [-0.2, -0.15) is 0 Å². The fraction of sp³-hybridized carbons (Fsp3) is 0.160. The molecule has 1 aromatic heterocycles. The van der Waals surface area contributed by atoms with Crippen LogP contribution in [0.15, 0.2) is 78.0 Å². The average molecular weight is 477 g/mol. The monoisotopic (exact) mass is 476 g/mol. The molecule has 34 heavy (non-hydrogen) atoms. The Kier molecular flexibility index (Phi) is 6.18. The Balaban J connectivity index is 1.33. The number of nitrogens with one attached hydrogen (secondary N) is 1. The number of hydrogen-bond acceptors (Lipinski definition) is 6. The first-order valence-electron chi connectivity index (χ1n) is 10.7. The normalized spacial score (nSPS) is 13.0. The number of ether oxygens (including phenoxy) is 2. The molecule has 1 unspecified atom stereocenters. The van der Waals surface area contributed by atoms with Crippen molar-refractivity contribution < 1.29 is 18.7 Å². The Morgan fingerprint density at radius 2 is 1.82 bits per heavy atom. The van der Waals surface area contributed by atoms with Gasteiger partial charge in [0.1, 0.15) is 5.82 Å². The van der Waals surface area contributed by atoms with Crippen LogP contribution in [0.2, 0.25) is 0 Å². The quantitative estimate of drug-likeness (QED) is 0.387. The molecule has 5 rings (SSSR count). The minimum absolute atomic E-state index is 0.122. The minimum Gasteiger partial charge on any atom is -0.454 e. The summed E-state index contributed by atoms with van der Waals surface area (Å²) in [5.41, 5.74) is 2.03. The summed E-state index contributed by atoms with van der Waals surface area (Å²) in [6, 6.07) is 21.3. The van der Waals surface area contributed by atoms with E-state index in [0.717, 1.165) is 11.3 Å². The van der Waals surface area contributed by atoms with E-state index >= 15 is 0 Å². The van der Waals surface area contributed by atoms with E-state index in [4.69, 9.17) is 9.47 Å². The molecule has 9 heteroatoms. The van der Waals surface area contributed by atoms with Gasteiger partial charge in [0.05, 0.1) is 17.4 Å². The van der Waals surface area contributed by atoms with Gasteiger partial charge < -0.3 is 14.8 Å². The average Bonchev–Trinajstić information content (AvgIpc) is 3.50. The molecule has 1 atom stereocenters. The standard InChI is InChI=1S/C25H21FN4O3S/c1-16(17-11-12-21-22(13-17)33-15-32-21)27-23(31)14-34-25-29-28-24(19-9-5-6-10-20(19)26)30(25)18-7-3-2-4-8-18/h2-13,16H,14-15H2,1H3,(H,27,31). The van der Waals surface area contributed by atoms with Crippen LogP contribution in [0.4, 0.5) is 4.39 Å². The van der Waals surface area contributed by atoms with Crippen molar-refractivity contribution in [3.63, 3.8) is 0 Å². The first-order valence-corrected chi connectivity index (χ1v) is 11.7. The van der Waals surface area contributed by atoms with E-state index in [2.05, 4.69) is 15.5 Å². The lowest BCUT2D eigenvalue weighted by Crippen LogP contribution is -2.28. The third kappa shape index (κ3) is 4.47. The van der Waals surface area contributed by atoms with Gasteiger partial charge in [-0.3, -0.25) is 9.36 Å². The molecule has 1 aliphatic heterocycles. The van der Waals surface area contributed by atoms with Gasteiger partial charge in [-0.25, -0.2) is 4.39 Å². The van der Waals surface area contributed by atoms with Crippen molar-refractivity contribution in [3.8, 4) is 28.6 Å². The summed E-state index contributed by atoms with van der Waals surface area (Å²) in [7, 11) is 0. The number of para-hydroxylation sites is 1. The SMILES string of the molecule is CC(NC(=O)CSc1nnc(-c2ccccc2F)n1-c1ccccc1)c1ccc2c(c1)OCO2. The van der Waals surface area contributed by atoms with Gasteiger partial charge >= 0.3 is 0 Å². The van der Waals surface area contributed by atoms with E-state index < -0.39 is 0 Å². The third-order valence-electron chi connectivity index (χ3n) is 5.37. The molecule has 2 heterocycles. The number of thioether (sulfide) groups is 1. The smallest absolute Gasteiger partial charge is 0.231 e. The van der Waals surface area contributed by atoms with Crippen LogP contribution in [0, 0.1) is 5.82 Å². The van der Waals surface area contributed by atoms with Crippen LogP contribution in [0.5, 0.6) is 11.5 Å². The molecule has 0 bridgehead atoms. The van der Waals surface area contributed by atoms with Gasteiger partial charge in [0, 0.05) is 5.69 Å². The molecule has 0 spiro atoms. The lowest BCUT2D eigenvalue weighted by Gasteiger charge is -2.15. The summed E-state index contributed by atoms with van der Waals surface area (Å²) in [5.74, 6) is 1.32. The molecule has 0 aliphatic carbocycles. The second-order valence-electron chi connectivity index (χ2n) is 7.65. The molecule has 1 amide bonds. The fourth-order valence-corrected chi connectivity index (χ4v) is 4.43.